The zero-order valence-electron chi connectivity index (χ0n) is 79.2. The topological polar surface area (TPSA) is 635 Å². The third kappa shape index (κ3) is 94.5. The summed E-state index contributed by atoms with van der Waals surface area (Å²) >= 11 is 0.918. The van der Waals surface area contributed by atoms with Gasteiger partial charge in [0.2, 0.25) is 76.8 Å². The van der Waals surface area contributed by atoms with Crippen molar-refractivity contribution in [2.75, 3.05) is 251 Å². The van der Waals surface area contributed by atoms with E-state index >= 15 is 0 Å². The molecule has 0 aromatic carbocycles. The van der Waals surface area contributed by atoms with Crippen LogP contribution in [-0.2, 0) is 138 Å². The quantitative estimate of drug-likeness (QED) is 0.0270. The van der Waals surface area contributed by atoms with Gasteiger partial charge in [0.1, 0.15) is 57.2 Å². The molecule has 760 valence electrons. The molecule has 0 spiro atoms. The summed E-state index contributed by atoms with van der Waals surface area (Å²) < 4.78 is 63.7. The highest BCUT2D eigenvalue weighted by molar-refractivity contribution is 8.14. The number of ether oxygens (including phenoxy) is 12. The second-order valence-electron chi connectivity index (χ2n) is 28.8. The third-order valence-corrected chi connectivity index (χ3v) is 18.4. The summed E-state index contributed by atoms with van der Waals surface area (Å²) in [5.74, 6) is -3.91. The van der Waals surface area contributed by atoms with Crippen LogP contribution >= 0.6 is 11.8 Å². The number of thioether (sulfide) groups is 1. The first-order valence-corrected chi connectivity index (χ1v) is 46.1. The number of amides is 13. The van der Waals surface area contributed by atoms with Crippen molar-refractivity contribution in [3.8, 4) is 0 Å². The largest absolute Gasteiger partial charge is 0.377 e. The van der Waals surface area contributed by atoms with Crippen molar-refractivity contribution in [3.63, 3.8) is 0 Å². The maximum atomic E-state index is 13.0. The Morgan fingerprint density at radius 3 is 0.824 bits per heavy atom. The Balaban J connectivity index is -0.00000119. The van der Waals surface area contributed by atoms with Crippen molar-refractivity contribution in [1.82, 2.24) is 69.1 Å². The number of rotatable bonds is 88. The average Bonchev–Trinajstić information content (AvgIpc) is 0.916. The number of carbonyl (C=O) groups is 17. The van der Waals surface area contributed by atoms with Crippen molar-refractivity contribution < 1.29 is 138 Å². The Bertz CT molecular complexity index is 3070. The fourth-order valence-corrected chi connectivity index (χ4v) is 11.2. The van der Waals surface area contributed by atoms with Gasteiger partial charge in [0, 0.05) is 110 Å². The van der Waals surface area contributed by atoms with Gasteiger partial charge in [0.25, 0.3) is 0 Å². The number of hydrogen-bond donors (Lipinski definition) is 16. The first-order chi connectivity index (χ1) is 63.1. The van der Waals surface area contributed by atoms with E-state index in [2.05, 4.69) is 74.9 Å². The van der Waals surface area contributed by atoms with Gasteiger partial charge >= 0.3 is 0 Å². The van der Waals surface area contributed by atoms with Gasteiger partial charge in [-0.2, -0.15) is 0 Å². The zero-order chi connectivity index (χ0) is 98.4. The van der Waals surface area contributed by atoms with Crippen molar-refractivity contribution >= 4 is 111 Å². The summed E-state index contributed by atoms with van der Waals surface area (Å²) in [5.41, 5.74) is 15.1. The molecule has 0 heterocycles. The molecule has 0 aromatic rings. The molecule has 0 saturated heterocycles. The van der Waals surface area contributed by atoms with Gasteiger partial charge in [0.15, 0.2) is 10.9 Å². The van der Waals surface area contributed by atoms with E-state index in [0.29, 0.717) is 143 Å². The number of Topliss-reactive ketones (excluding diaryl/α,β-unsaturated/α-hetero) is 3. The number of primary amides is 2. The summed E-state index contributed by atoms with van der Waals surface area (Å²) in [6, 6.07) is -1.66. The molecule has 0 radical (unpaired) electrons. The van der Waals surface area contributed by atoms with Crippen LogP contribution in [0.2, 0.25) is 0 Å². The van der Waals surface area contributed by atoms with E-state index in [0.717, 1.165) is 31.0 Å². The number of nitrogens with one attached hydrogen (secondary N) is 13. The lowest BCUT2D eigenvalue weighted by molar-refractivity contribution is -0.129. The molecule has 0 rings (SSSR count). The minimum atomic E-state index is -0.824. The van der Waals surface area contributed by atoms with Gasteiger partial charge in [-0.15, -0.1) is 0 Å². The third-order valence-electron chi connectivity index (χ3n) is 17.6. The van der Waals surface area contributed by atoms with E-state index in [1.807, 2.05) is 13.8 Å². The maximum absolute atomic E-state index is 13.0. The average molecular weight is 1900 g/mol. The van der Waals surface area contributed by atoms with Crippen LogP contribution < -0.4 is 86.3 Å². The number of nitrogens with two attached hydrogens (primary N) is 3. The monoisotopic (exact) mass is 1900 g/mol. The van der Waals surface area contributed by atoms with E-state index in [-0.39, 0.29) is 296 Å². The molecule has 131 heavy (non-hydrogen) atoms. The highest BCUT2D eigenvalue weighted by Gasteiger charge is 2.22. The molecule has 19 N–H and O–H groups in total. The summed E-state index contributed by atoms with van der Waals surface area (Å²) in [6.07, 6.45) is 9.50. The lowest BCUT2D eigenvalue weighted by Gasteiger charge is -2.19. The van der Waals surface area contributed by atoms with E-state index in [1.165, 1.54) is 27.8 Å². The van der Waals surface area contributed by atoms with Crippen LogP contribution in [0.25, 0.3) is 0 Å². The second-order valence-corrected chi connectivity index (χ2v) is 29.9. The van der Waals surface area contributed by atoms with E-state index in [9.17, 15) is 81.5 Å². The van der Waals surface area contributed by atoms with E-state index < -0.39 is 23.9 Å². The molecule has 0 aliphatic heterocycles. The van der Waals surface area contributed by atoms with Gasteiger partial charge in [-0.05, 0) is 132 Å². The normalized spacial score (nSPS) is 11.6. The Hall–Kier alpha value is -8.46. The SMILES string of the molecule is CC.CC(=O)CC[C@@H](CCCCNC(=O)COCCOCCNC(=O)COCCOCCNC(=O)CCCC(=O)NCCOCCOCC(=O)NCCOCCOCC(C)=O)C(C)=O.CN.CN[C@@H](CCCCNC(=O)COCCOCCNC(=O)COCCOCCNC(=O)CCCC(=O)N[C@@H](CCCCNC(=O)CSC(C)=O)C(=O)NCCCC[C@H](NC)C(N)=O)C(N)=O. The fraction of sp³-hybridized carbons (Fsp3) is 0.800. The van der Waals surface area contributed by atoms with Gasteiger partial charge in [-0.25, -0.2) is 0 Å². The highest BCUT2D eigenvalue weighted by atomic mass is 32.2. The second kappa shape index (κ2) is 96.1. The standard InChI is InChI=1S/C41H76N10O13S.C41H73N5O16.C2H6.CH5N/c1-30(52)65-29-38(57)47-17-8-6-13-33(41(60)50-18-9-5-12-32(45-3)40(43)59)51-35(54)15-10-14-34(53)48-19-21-61-23-26-64-28-37(56)49-20-22-62-24-25-63-27-36(55)46-16-7-4-11-31(44-2)39(42)58;1-33(47)10-11-36(35(3)49)7-4-5-12-42-39(52)30-60-26-24-58-20-16-46-41(54)32-62-28-23-56-18-14-44-38(51)9-6-8-37(50)43-13-17-55-22-27-61-31-40(53)45-15-19-57-21-25-59-29-34(2)48;2*1-2/h31-33,44-45H,4-29H2,1-3H3,(H2,42,58)(H2,43,59)(H,46,55)(H,47,57)(H,48,53)(H,49,56)(H,50,60)(H,51,54);36H,4-32H2,1-3H3,(H,42,52)(H,43,50)(H,44,51)(H,45,53)(H,46,54);1-2H3;2H2,1H3/t31-,32-,33-;36-;;/m01../s1. The number of unbranched alkanes of at least 4 members (excludes halogenated alkanes) is 4. The number of ketones is 3. The smallest absolute Gasteiger partial charge is 0.246 e. The molecule has 13 amide bonds. The van der Waals surface area contributed by atoms with Crippen molar-refractivity contribution in [1.29, 1.82) is 0 Å². The summed E-state index contributed by atoms with van der Waals surface area (Å²) in [4.78, 5) is 201. The molecule has 0 aliphatic rings. The molecule has 0 fully saturated rings. The minimum Gasteiger partial charge on any atom is -0.377 e. The summed E-state index contributed by atoms with van der Waals surface area (Å²) in [5, 5.41) is 35.5. The van der Waals surface area contributed by atoms with Crippen LogP contribution in [0.3, 0.4) is 0 Å². The lowest BCUT2D eigenvalue weighted by atomic mass is 9.92. The van der Waals surface area contributed by atoms with Crippen LogP contribution in [0.4, 0.5) is 0 Å². The lowest BCUT2D eigenvalue weighted by Crippen LogP contribution is -2.47. The Labute approximate surface area is 777 Å². The van der Waals surface area contributed by atoms with Gasteiger partial charge < -0.3 is 148 Å². The fourth-order valence-electron chi connectivity index (χ4n) is 10.8. The number of hydrogen-bond acceptors (Lipinski definition) is 33. The Morgan fingerprint density at radius 2 is 0.534 bits per heavy atom. The maximum Gasteiger partial charge on any atom is 0.246 e. The van der Waals surface area contributed by atoms with Crippen molar-refractivity contribution in [3.05, 3.63) is 0 Å². The van der Waals surface area contributed by atoms with E-state index in [1.54, 1.807) is 21.0 Å². The molecule has 0 aliphatic carbocycles. The van der Waals surface area contributed by atoms with E-state index in [4.69, 9.17) is 68.3 Å². The first-order valence-electron chi connectivity index (χ1n) is 45.1. The molecule has 46 heteroatoms. The molecule has 0 bridgehead atoms. The predicted molar refractivity (Wildman–Crippen MR) is 488 cm³/mol. The zero-order valence-corrected chi connectivity index (χ0v) is 80.0. The number of carbonyl (C=O) groups excluding carboxylic acids is 17. The molecule has 45 nitrogen and oxygen atoms in total. The summed E-state index contributed by atoms with van der Waals surface area (Å²) in [7, 11) is 4.82. The van der Waals surface area contributed by atoms with Gasteiger partial charge in [-0.3, -0.25) is 76.7 Å². The van der Waals surface area contributed by atoms with Crippen LogP contribution in [0.15, 0.2) is 0 Å². The molecular weight excluding hydrogens is 1740 g/mol. The van der Waals surface area contributed by atoms with Crippen LogP contribution in [0, 0.1) is 5.92 Å². The first kappa shape index (κ1) is 129. The van der Waals surface area contributed by atoms with Crippen molar-refractivity contribution in [2.24, 2.45) is 23.1 Å². The number of likely N-dealkylation sites (N-methyl/N-ethyl adjacent to an activating group) is 2. The highest BCUT2D eigenvalue weighted by Crippen LogP contribution is 2.17. The molecule has 4 atom stereocenters. The molecular formula is C85H160N16O29S. The summed E-state index contributed by atoms with van der Waals surface area (Å²) in [6.45, 7) is 17.0. The van der Waals surface area contributed by atoms with Gasteiger partial charge in [-0.1, -0.05) is 32.0 Å². The Morgan fingerprint density at radius 1 is 0.267 bits per heavy atom. The minimum absolute atomic E-state index is 0.0214. The molecule has 0 saturated carbocycles. The molecule has 0 unspecified atom stereocenters. The predicted octanol–water partition coefficient (Wildman–Crippen LogP) is -2.97. The Kier molecular flexibility index (Phi) is 94.5. The molecule has 0 aromatic heterocycles. The van der Waals surface area contributed by atoms with Crippen molar-refractivity contribution in [2.45, 2.75) is 188 Å². The van der Waals surface area contributed by atoms with Crippen LogP contribution in [0.5, 0.6) is 0 Å². The van der Waals surface area contributed by atoms with Crippen LogP contribution in [0.1, 0.15) is 170 Å². The van der Waals surface area contributed by atoms with Crippen LogP contribution in [-0.4, -0.2) is 368 Å². The van der Waals surface area contributed by atoms with Gasteiger partial charge in [0.05, 0.1) is 137 Å².